The van der Waals surface area contributed by atoms with E-state index >= 15 is 0 Å². The van der Waals surface area contributed by atoms with Crippen LogP contribution in [0.4, 0.5) is 4.79 Å². The van der Waals surface area contributed by atoms with Gasteiger partial charge in [-0.2, -0.15) is 0 Å². The minimum atomic E-state index is -1.48. The smallest absolute Gasteiger partial charge is 0.312 e. The monoisotopic (exact) mass is 214 g/mol. The van der Waals surface area contributed by atoms with Crippen LogP contribution in [0.3, 0.4) is 0 Å². The van der Waals surface area contributed by atoms with Gasteiger partial charge < -0.3 is 26.2 Å². The summed E-state index contributed by atoms with van der Waals surface area (Å²) in [5.41, 5.74) is 4.68. The van der Waals surface area contributed by atoms with Gasteiger partial charge in [-0.1, -0.05) is 6.08 Å². The number of imidazole rings is 1. The summed E-state index contributed by atoms with van der Waals surface area (Å²) in [6, 6.07) is -0.514. The van der Waals surface area contributed by atoms with E-state index in [-0.39, 0.29) is 5.82 Å². The molecule has 1 rings (SSSR count). The molecule has 0 bridgehead atoms. The second-order valence-electron chi connectivity index (χ2n) is 2.38. The number of rotatable bonds is 3. The standard InChI is InChI=1S/C4H6N2O2.C4H8N2O/c7-4(8)3-5-1-2-6-3;1-2-3-6-4(5)7/h1-2,4,7-8H,(H,5,6);2H,1,3H2,(H3,5,6,7). The maximum atomic E-state index is 9.82. The molecule has 7 heteroatoms. The van der Waals surface area contributed by atoms with Gasteiger partial charge in [-0.15, -0.1) is 6.58 Å². The highest BCUT2D eigenvalue weighted by molar-refractivity contribution is 5.71. The minimum absolute atomic E-state index is 0.171. The van der Waals surface area contributed by atoms with E-state index in [1.165, 1.54) is 12.4 Å². The molecule has 0 unspecified atom stereocenters. The van der Waals surface area contributed by atoms with Crippen molar-refractivity contribution in [1.29, 1.82) is 0 Å². The van der Waals surface area contributed by atoms with E-state index in [4.69, 9.17) is 10.2 Å². The molecule has 0 aliphatic carbocycles. The van der Waals surface area contributed by atoms with Crippen LogP contribution in [0.2, 0.25) is 0 Å². The number of urea groups is 1. The number of carbonyl (C=O) groups is 1. The Kier molecular flexibility index (Phi) is 6.60. The molecule has 84 valence electrons. The molecule has 0 saturated carbocycles. The first-order valence-electron chi connectivity index (χ1n) is 4.07. The van der Waals surface area contributed by atoms with Crippen molar-refractivity contribution in [1.82, 2.24) is 15.3 Å². The van der Waals surface area contributed by atoms with Gasteiger partial charge in [0.05, 0.1) is 0 Å². The Hall–Kier alpha value is -1.86. The molecule has 0 radical (unpaired) electrons. The van der Waals surface area contributed by atoms with Gasteiger partial charge in [0, 0.05) is 18.9 Å². The Balaban J connectivity index is 0.000000265. The van der Waals surface area contributed by atoms with Crippen LogP contribution in [0.25, 0.3) is 0 Å². The number of nitrogens with two attached hydrogens (primary N) is 1. The number of aliphatic hydroxyl groups is 2. The number of nitrogens with zero attached hydrogens (tertiary/aromatic N) is 1. The van der Waals surface area contributed by atoms with Crippen molar-refractivity contribution < 1.29 is 15.0 Å². The van der Waals surface area contributed by atoms with Crippen LogP contribution in [-0.4, -0.2) is 32.8 Å². The number of H-pyrrole nitrogens is 1. The molecule has 15 heavy (non-hydrogen) atoms. The van der Waals surface area contributed by atoms with Gasteiger partial charge >= 0.3 is 6.03 Å². The molecule has 0 aromatic carbocycles. The lowest BCUT2D eigenvalue weighted by Crippen LogP contribution is -2.28. The van der Waals surface area contributed by atoms with Crippen molar-refractivity contribution in [2.75, 3.05) is 6.54 Å². The van der Waals surface area contributed by atoms with Gasteiger partial charge in [-0.05, 0) is 0 Å². The van der Waals surface area contributed by atoms with E-state index in [0.717, 1.165) is 0 Å². The van der Waals surface area contributed by atoms with E-state index in [2.05, 4.69) is 27.6 Å². The Bertz CT molecular complexity index is 284. The third-order valence-electron chi connectivity index (χ3n) is 1.18. The van der Waals surface area contributed by atoms with Crippen LogP contribution in [0, 0.1) is 0 Å². The number of primary amides is 1. The summed E-state index contributed by atoms with van der Waals surface area (Å²) < 4.78 is 0. The number of aromatic amines is 1. The molecule has 0 fully saturated rings. The quantitative estimate of drug-likeness (QED) is 0.335. The Morgan fingerprint density at radius 2 is 2.47 bits per heavy atom. The number of aliphatic hydroxyl groups excluding tert-OH is 1. The number of hydrogen-bond acceptors (Lipinski definition) is 4. The number of aromatic nitrogens is 2. The minimum Gasteiger partial charge on any atom is -0.362 e. The predicted octanol–water partition coefficient (Wildman–Crippen LogP) is -0.766. The normalized spacial score (nSPS) is 9.00. The number of carbonyl (C=O) groups excluding carboxylic acids is 1. The molecule has 1 aromatic rings. The summed E-state index contributed by atoms with van der Waals surface area (Å²) in [7, 11) is 0. The van der Waals surface area contributed by atoms with E-state index < -0.39 is 12.3 Å². The Morgan fingerprint density at radius 3 is 2.67 bits per heavy atom. The zero-order chi connectivity index (χ0) is 11.7. The fraction of sp³-hybridized carbons (Fsp3) is 0.250. The van der Waals surface area contributed by atoms with Crippen LogP contribution < -0.4 is 11.1 Å². The maximum Gasteiger partial charge on any atom is 0.312 e. The fourth-order valence-electron chi connectivity index (χ4n) is 0.591. The Morgan fingerprint density at radius 1 is 1.80 bits per heavy atom. The average molecular weight is 214 g/mol. The molecule has 0 aliphatic heterocycles. The number of hydrogen-bond donors (Lipinski definition) is 5. The van der Waals surface area contributed by atoms with E-state index in [1.807, 2.05) is 0 Å². The Labute approximate surface area is 86.6 Å². The van der Waals surface area contributed by atoms with Crippen LogP contribution in [0.15, 0.2) is 25.0 Å². The predicted molar refractivity (Wildman–Crippen MR) is 53.5 cm³/mol. The highest BCUT2D eigenvalue weighted by Gasteiger charge is 2.01. The van der Waals surface area contributed by atoms with E-state index in [9.17, 15) is 4.79 Å². The summed E-state index contributed by atoms with van der Waals surface area (Å²) in [4.78, 5) is 15.9. The lowest BCUT2D eigenvalue weighted by Gasteiger charge is -1.93. The topological polar surface area (TPSA) is 124 Å². The number of amides is 2. The largest absolute Gasteiger partial charge is 0.362 e. The zero-order valence-corrected chi connectivity index (χ0v) is 8.05. The van der Waals surface area contributed by atoms with Crippen LogP contribution >= 0.6 is 0 Å². The molecular weight excluding hydrogens is 200 g/mol. The fourth-order valence-corrected chi connectivity index (χ4v) is 0.591. The molecule has 1 heterocycles. The molecule has 0 saturated heterocycles. The SMILES string of the molecule is C=CCNC(N)=O.OC(O)c1ncc[nH]1. The van der Waals surface area contributed by atoms with Gasteiger partial charge in [0.2, 0.25) is 6.29 Å². The third kappa shape index (κ3) is 7.23. The van der Waals surface area contributed by atoms with Gasteiger partial charge in [0.25, 0.3) is 0 Å². The second kappa shape index (κ2) is 7.54. The molecule has 6 N–H and O–H groups in total. The van der Waals surface area contributed by atoms with Gasteiger partial charge in [0.15, 0.2) is 5.82 Å². The second-order valence-corrected chi connectivity index (χ2v) is 2.38. The highest BCUT2D eigenvalue weighted by Crippen LogP contribution is 1.98. The summed E-state index contributed by atoms with van der Waals surface area (Å²) in [5, 5.41) is 19.1. The first kappa shape index (κ1) is 13.1. The van der Waals surface area contributed by atoms with Crippen molar-refractivity contribution in [2.24, 2.45) is 5.73 Å². The summed E-state index contributed by atoms with van der Waals surface area (Å²) in [5.74, 6) is 0.171. The van der Waals surface area contributed by atoms with Crippen LogP contribution in [0.5, 0.6) is 0 Å². The van der Waals surface area contributed by atoms with Gasteiger partial charge in [-0.25, -0.2) is 9.78 Å². The lowest BCUT2D eigenvalue weighted by atomic mass is 10.6. The average Bonchev–Trinajstić information content (AvgIpc) is 2.68. The van der Waals surface area contributed by atoms with Crippen molar-refractivity contribution in [3.63, 3.8) is 0 Å². The summed E-state index contributed by atoms with van der Waals surface area (Å²) in [6.07, 6.45) is 3.05. The summed E-state index contributed by atoms with van der Waals surface area (Å²) in [6.45, 7) is 3.80. The van der Waals surface area contributed by atoms with Crippen molar-refractivity contribution in [2.45, 2.75) is 6.29 Å². The van der Waals surface area contributed by atoms with E-state index in [0.29, 0.717) is 6.54 Å². The van der Waals surface area contributed by atoms with E-state index in [1.54, 1.807) is 6.08 Å². The molecule has 7 nitrogen and oxygen atoms in total. The number of nitrogens with one attached hydrogen (secondary N) is 2. The van der Waals surface area contributed by atoms with Gasteiger partial charge in [-0.3, -0.25) is 0 Å². The first-order chi connectivity index (χ1) is 7.07. The molecule has 1 aromatic heterocycles. The van der Waals surface area contributed by atoms with Crippen LogP contribution in [0.1, 0.15) is 12.1 Å². The van der Waals surface area contributed by atoms with Crippen LogP contribution in [-0.2, 0) is 0 Å². The first-order valence-corrected chi connectivity index (χ1v) is 4.07. The third-order valence-corrected chi connectivity index (χ3v) is 1.18. The van der Waals surface area contributed by atoms with Crippen molar-refractivity contribution in [3.05, 3.63) is 30.9 Å². The molecule has 0 aliphatic rings. The zero-order valence-electron chi connectivity index (χ0n) is 8.05. The molecule has 0 spiro atoms. The summed E-state index contributed by atoms with van der Waals surface area (Å²) >= 11 is 0. The maximum absolute atomic E-state index is 9.82. The molecular formula is C8H14N4O3. The highest BCUT2D eigenvalue weighted by atomic mass is 16.5. The lowest BCUT2D eigenvalue weighted by molar-refractivity contribution is -0.0488. The molecule has 2 amide bonds. The van der Waals surface area contributed by atoms with Crippen molar-refractivity contribution >= 4 is 6.03 Å². The van der Waals surface area contributed by atoms with Gasteiger partial charge in [0.1, 0.15) is 0 Å². The van der Waals surface area contributed by atoms with Crippen molar-refractivity contribution in [3.8, 4) is 0 Å². The molecule has 0 atom stereocenters.